The number of benzene rings is 12. The third-order valence-electron chi connectivity index (χ3n) is 16.6. The highest BCUT2D eigenvalue weighted by Crippen LogP contribution is 2.57. The lowest BCUT2D eigenvalue weighted by Crippen LogP contribution is -2.31. The Labute approximate surface area is 446 Å². The molecule has 362 valence electrons. The van der Waals surface area contributed by atoms with Gasteiger partial charge in [-0.15, -0.1) is 0 Å². The van der Waals surface area contributed by atoms with Crippen molar-refractivity contribution in [2.24, 2.45) is 0 Å². The largest absolute Gasteiger partial charge is 0.309 e. The number of fused-ring (bicyclic) bond motifs is 6. The molecular formula is C74H56N2. The second-order valence-corrected chi connectivity index (χ2v) is 21.6. The van der Waals surface area contributed by atoms with E-state index in [1.54, 1.807) is 0 Å². The number of hydrogen-bond donors (Lipinski definition) is 0. The molecule has 2 aliphatic rings. The van der Waals surface area contributed by atoms with Crippen LogP contribution in [0.25, 0.3) is 77.2 Å². The van der Waals surface area contributed by atoms with Gasteiger partial charge >= 0.3 is 0 Å². The van der Waals surface area contributed by atoms with Crippen molar-refractivity contribution in [3.63, 3.8) is 0 Å². The Hall–Kier alpha value is -9.24. The van der Waals surface area contributed by atoms with Crippen molar-refractivity contribution in [3.8, 4) is 55.6 Å². The molecule has 0 saturated heterocycles. The van der Waals surface area contributed by atoms with Gasteiger partial charge < -0.3 is 9.80 Å². The standard InChI is InChI=1S/C74H56N2/c1-73(2)64-34-14-16-38-68(64)75(54-24-10-6-11-25-54)71-58(30-20-36-66(71)73)51-44-40-49(41-45-51)56-28-18-32-60-62(56)48-63-57(29-19-33-61(63)70(60)53-22-8-5-9-23-53)50-42-46-52(47-43-50)59-31-21-37-67-72(59)76(55-26-12-7-13-27-55)69-39-17-15-35-65(69)74(67,3)4/h5-48H,1-4H3. The minimum absolute atomic E-state index is 0.187. The molecule has 0 amide bonds. The summed E-state index contributed by atoms with van der Waals surface area (Å²) in [5, 5.41) is 4.95. The number of hydrogen-bond acceptors (Lipinski definition) is 2. The lowest BCUT2D eigenvalue weighted by Gasteiger charge is -2.43. The smallest absolute Gasteiger partial charge is 0.0581 e. The fourth-order valence-corrected chi connectivity index (χ4v) is 12.9. The van der Waals surface area contributed by atoms with Gasteiger partial charge in [0.2, 0.25) is 0 Å². The monoisotopic (exact) mass is 972 g/mol. The quantitative estimate of drug-likeness (QED) is 0.147. The molecule has 2 heteroatoms. The predicted octanol–water partition coefficient (Wildman–Crippen LogP) is 20.5. The van der Waals surface area contributed by atoms with E-state index < -0.39 is 0 Å². The van der Waals surface area contributed by atoms with Gasteiger partial charge in [-0.3, -0.25) is 0 Å². The van der Waals surface area contributed by atoms with Crippen LogP contribution in [-0.2, 0) is 10.8 Å². The predicted molar refractivity (Wildman–Crippen MR) is 322 cm³/mol. The molecule has 12 aromatic rings. The van der Waals surface area contributed by atoms with Crippen molar-refractivity contribution < 1.29 is 0 Å². The molecule has 14 rings (SSSR count). The van der Waals surface area contributed by atoms with Crippen molar-refractivity contribution in [1.82, 2.24) is 0 Å². The van der Waals surface area contributed by atoms with E-state index in [0.29, 0.717) is 0 Å². The first-order chi connectivity index (χ1) is 37.3. The summed E-state index contributed by atoms with van der Waals surface area (Å²) >= 11 is 0. The number of rotatable bonds is 7. The topological polar surface area (TPSA) is 6.48 Å². The van der Waals surface area contributed by atoms with Crippen LogP contribution in [0.2, 0.25) is 0 Å². The third kappa shape index (κ3) is 7.09. The Balaban J connectivity index is 0.896. The molecule has 12 aromatic carbocycles. The van der Waals surface area contributed by atoms with Gasteiger partial charge in [0.1, 0.15) is 0 Å². The van der Waals surface area contributed by atoms with Crippen LogP contribution in [0.4, 0.5) is 34.1 Å². The molecule has 2 nitrogen and oxygen atoms in total. The normalized spacial score (nSPS) is 13.9. The van der Waals surface area contributed by atoms with Gasteiger partial charge in [-0.05, 0) is 131 Å². The number of para-hydroxylation sites is 6. The van der Waals surface area contributed by atoms with Crippen molar-refractivity contribution in [2.75, 3.05) is 9.80 Å². The van der Waals surface area contributed by atoms with Gasteiger partial charge in [0.15, 0.2) is 0 Å². The first-order valence-corrected chi connectivity index (χ1v) is 26.7. The minimum atomic E-state index is -0.187. The summed E-state index contributed by atoms with van der Waals surface area (Å²) in [4.78, 5) is 4.94. The lowest BCUT2D eigenvalue weighted by molar-refractivity contribution is 0.632. The van der Waals surface area contributed by atoms with Gasteiger partial charge in [-0.25, -0.2) is 0 Å². The lowest BCUT2D eigenvalue weighted by atomic mass is 9.72. The van der Waals surface area contributed by atoms with Crippen LogP contribution in [0, 0.1) is 0 Å². The first-order valence-electron chi connectivity index (χ1n) is 26.7. The minimum Gasteiger partial charge on any atom is -0.309 e. The Morgan fingerprint density at radius 3 is 1.00 bits per heavy atom. The molecule has 0 aliphatic carbocycles. The van der Waals surface area contributed by atoms with Gasteiger partial charge in [0.25, 0.3) is 0 Å². The molecule has 0 radical (unpaired) electrons. The van der Waals surface area contributed by atoms with Crippen molar-refractivity contribution in [1.29, 1.82) is 0 Å². The molecule has 0 spiro atoms. The molecule has 0 fully saturated rings. The van der Waals surface area contributed by atoms with Crippen LogP contribution in [0.3, 0.4) is 0 Å². The Morgan fingerprint density at radius 1 is 0.250 bits per heavy atom. The molecule has 76 heavy (non-hydrogen) atoms. The van der Waals surface area contributed by atoms with E-state index in [1.807, 2.05) is 0 Å². The van der Waals surface area contributed by atoms with Gasteiger partial charge in [0, 0.05) is 33.3 Å². The highest BCUT2D eigenvalue weighted by Gasteiger charge is 2.40. The fraction of sp³-hybridized carbons (Fsp3) is 0.0811. The van der Waals surface area contributed by atoms with Crippen molar-refractivity contribution in [3.05, 3.63) is 289 Å². The number of nitrogens with zero attached hydrogens (tertiary/aromatic N) is 2. The average Bonchev–Trinajstić information content (AvgIpc) is 3.64. The van der Waals surface area contributed by atoms with Crippen LogP contribution in [0.5, 0.6) is 0 Å². The molecule has 2 heterocycles. The average molecular weight is 973 g/mol. The number of anilines is 6. The molecule has 0 bridgehead atoms. The summed E-state index contributed by atoms with van der Waals surface area (Å²) in [6.07, 6.45) is 0. The van der Waals surface area contributed by atoms with Gasteiger partial charge in [-0.1, -0.05) is 252 Å². The van der Waals surface area contributed by atoms with E-state index in [9.17, 15) is 0 Å². The molecule has 0 unspecified atom stereocenters. The third-order valence-corrected chi connectivity index (χ3v) is 16.6. The zero-order valence-electron chi connectivity index (χ0n) is 43.3. The van der Waals surface area contributed by atoms with Crippen LogP contribution < -0.4 is 9.80 Å². The highest BCUT2D eigenvalue weighted by molar-refractivity contribution is 6.19. The van der Waals surface area contributed by atoms with Crippen LogP contribution in [-0.4, -0.2) is 0 Å². The first kappa shape index (κ1) is 45.4. The van der Waals surface area contributed by atoms with Crippen LogP contribution in [0.1, 0.15) is 49.9 Å². The SMILES string of the molecule is CC1(C)c2ccccc2N(c2ccccc2)c2c(-c3ccc(-c4cccc5c(-c6ccccc6)c6cccc(-c7ccc(-c8cccc9c8N(c8ccccc8)c8ccccc8C9(C)C)cc7)c6cc45)cc3)cccc21. The van der Waals surface area contributed by atoms with E-state index >= 15 is 0 Å². The highest BCUT2D eigenvalue weighted by atomic mass is 15.2. The van der Waals surface area contributed by atoms with E-state index in [-0.39, 0.29) is 10.8 Å². The molecular weight excluding hydrogens is 917 g/mol. The fourth-order valence-electron chi connectivity index (χ4n) is 12.9. The molecule has 2 aliphatic heterocycles. The van der Waals surface area contributed by atoms with Crippen LogP contribution in [0.15, 0.2) is 267 Å². The van der Waals surface area contributed by atoms with E-state index in [2.05, 4.69) is 304 Å². The molecule has 0 N–H and O–H groups in total. The summed E-state index contributed by atoms with van der Waals surface area (Å²) in [5.74, 6) is 0. The molecule has 0 aromatic heterocycles. The van der Waals surface area contributed by atoms with Gasteiger partial charge in [0.05, 0.1) is 22.7 Å². The Bertz CT molecular complexity index is 3940. The molecule has 0 saturated carbocycles. The van der Waals surface area contributed by atoms with E-state index in [0.717, 1.165) is 11.4 Å². The van der Waals surface area contributed by atoms with E-state index in [4.69, 9.17) is 0 Å². The maximum Gasteiger partial charge on any atom is 0.0581 e. The molecule has 0 atom stereocenters. The van der Waals surface area contributed by atoms with Crippen LogP contribution >= 0.6 is 0 Å². The summed E-state index contributed by atoms with van der Waals surface area (Å²) < 4.78 is 0. The van der Waals surface area contributed by atoms with E-state index in [1.165, 1.54) is 122 Å². The zero-order valence-corrected chi connectivity index (χ0v) is 43.3. The Morgan fingerprint density at radius 2 is 0.579 bits per heavy atom. The summed E-state index contributed by atoms with van der Waals surface area (Å²) in [6.45, 7) is 9.46. The summed E-state index contributed by atoms with van der Waals surface area (Å²) in [5.41, 5.74) is 24.2. The van der Waals surface area contributed by atoms with Crippen molar-refractivity contribution in [2.45, 2.75) is 38.5 Å². The van der Waals surface area contributed by atoms with Crippen molar-refractivity contribution >= 4 is 55.7 Å². The second kappa shape index (κ2) is 17.7. The maximum absolute atomic E-state index is 2.47. The zero-order chi connectivity index (χ0) is 51.1. The summed E-state index contributed by atoms with van der Waals surface area (Å²) in [6, 6.07) is 98.9. The summed E-state index contributed by atoms with van der Waals surface area (Å²) in [7, 11) is 0. The maximum atomic E-state index is 2.47. The second-order valence-electron chi connectivity index (χ2n) is 21.6. The Kier molecular flexibility index (Phi) is 10.6. The van der Waals surface area contributed by atoms with Gasteiger partial charge in [-0.2, -0.15) is 0 Å².